The molecular weight excluding hydrogens is 310 g/mol. The second kappa shape index (κ2) is 7.50. The number of aliphatic hydroxyl groups excluding tert-OH is 1. The van der Waals surface area contributed by atoms with Crippen molar-refractivity contribution in [2.75, 3.05) is 25.6 Å². The predicted octanol–water partition coefficient (Wildman–Crippen LogP) is 3.17. The number of fused-ring (bicyclic) bond motifs is 1. The molecule has 0 fully saturated rings. The summed E-state index contributed by atoms with van der Waals surface area (Å²) in [5, 5.41) is 16.1. The van der Waals surface area contributed by atoms with E-state index in [2.05, 4.69) is 15.3 Å². The van der Waals surface area contributed by atoms with Gasteiger partial charge in [0.15, 0.2) is 5.82 Å². The van der Waals surface area contributed by atoms with Gasteiger partial charge in [-0.3, -0.25) is 0 Å². The van der Waals surface area contributed by atoms with Crippen molar-refractivity contribution in [3.05, 3.63) is 41.8 Å². The van der Waals surface area contributed by atoms with Gasteiger partial charge in [-0.15, -0.1) is 11.3 Å². The molecule has 2 heterocycles. The van der Waals surface area contributed by atoms with Crippen LogP contribution in [0.3, 0.4) is 0 Å². The van der Waals surface area contributed by atoms with Crippen molar-refractivity contribution >= 4 is 28.1 Å². The molecule has 3 aromatic rings. The lowest BCUT2D eigenvalue weighted by Gasteiger charge is -2.12. The molecule has 2 N–H and O–H groups in total. The Morgan fingerprint density at radius 1 is 1.22 bits per heavy atom. The van der Waals surface area contributed by atoms with Gasteiger partial charge in [0, 0.05) is 19.0 Å². The molecule has 0 saturated carbocycles. The van der Waals surface area contributed by atoms with E-state index in [0.717, 1.165) is 27.4 Å². The number of ether oxygens (including phenoxy) is 1. The maximum absolute atomic E-state index is 9.75. The maximum atomic E-state index is 9.75. The molecule has 0 aliphatic heterocycles. The molecule has 120 valence electrons. The first-order chi connectivity index (χ1) is 11.3. The van der Waals surface area contributed by atoms with Crippen LogP contribution < -0.4 is 5.32 Å². The topological polar surface area (TPSA) is 67.3 Å². The Morgan fingerprint density at radius 3 is 2.87 bits per heavy atom. The molecule has 0 aliphatic carbocycles. The van der Waals surface area contributed by atoms with Crippen molar-refractivity contribution in [3.8, 4) is 10.7 Å². The maximum Gasteiger partial charge on any atom is 0.172 e. The molecule has 6 heteroatoms. The lowest BCUT2D eigenvalue weighted by molar-refractivity contribution is 0.0615. The van der Waals surface area contributed by atoms with Gasteiger partial charge in [0.2, 0.25) is 0 Å². The zero-order chi connectivity index (χ0) is 16.1. The highest BCUT2D eigenvalue weighted by atomic mass is 32.1. The Balaban J connectivity index is 1.85. The van der Waals surface area contributed by atoms with Gasteiger partial charge in [0.05, 0.1) is 23.1 Å². The number of thiophene rings is 1. The van der Waals surface area contributed by atoms with Crippen LogP contribution in [0.5, 0.6) is 0 Å². The first-order valence-electron chi connectivity index (χ1n) is 7.49. The molecule has 1 aromatic carbocycles. The van der Waals surface area contributed by atoms with Gasteiger partial charge < -0.3 is 15.2 Å². The zero-order valence-electron chi connectivity index (χ0n) is 12.9. The second-order valence-corrected chi connectivity index (χ2v) is 6.16. The Bertz CT molecular complexity index is 762. The second-order valence-electron chi connectivity index (χ2n) is 5.21. The van der Waals surface area contributed by atoms with Crippen LogP contribution in [-0.4, -0.2) is 41.4 Å². The minimum Gasteiger partial charge on any atom is -0.391 e. The number of benzene rings is 1. The molecule has 0 spiro atoms. The number of rotatable bonds is 7. The Hall–Kier alpha value is -2.02. The van der Waals surface area contributed by atoms with E-state index in [0.29, 0.717) is 19.6 Å². The van der Waals surface area contributed by atoms with E-state index in [1.54, 1.807) is 18.4 Å². The van der Waals surface area contributed by atoms with Gasteiger partial charge in [-0.25, -0.2) is 9.97 Å². The van der Waals surface area contributed by atoms with E-state index in [4.69, 9.17) is 4.74 Å². The number of para-hydroxylation sites is 1. The van der Waals surface area contributed by atoms with Crippen molar-refractivity contribution in [1.82, 2.24) is 9.97 Å². The summed E-state index contributed by atoms with van der Waals surface area (Å²) in [7, 11) is 1.59. The number of nitrogens with one attached hydrogen (secondary N) is 1. The number of hydrogen-bond donors (Lipinski definition) is 2. The smallest absolute Gasteiger partial charge is 0.172 e. The Morgan fingerprint density at radius 2 is 2.09 bits per heavy atom. The van der Waals surface area contributed by atoms with Crippen LogP contribution in [0.1, 0.15) is 6.42 Å². The van der Waals surface area contributed by atoms with Gasteiger partial charge in [-0.1, -0.05) is 18.2 Å². The highest BCUT2D eigenvalue weighted by Gasteiger charge is 2.10. The molecule has 1 atom stereocenters. The fourth-order valence-electron chi connectivity index (χ4n) is 2.36. The monoisotopic (exact) mass is 329 g/mol. The van der Waals surface area contributed by atoms with Crippen LogP contribution in [0, 0.1) is 0 Å². The lowest BCUT2D eigenvalue weighted by atomic mass is 10.2. The number of aromatic nitrogens is 2. The van der Waals surface area contributed by atoms with Crippen LogP contribution in [0.4, 0.5) is 5.82 Å². The summed E-state index contributed by atoms with van der Waals surface area (Å²) < 4.78 is 4.94. The molecule has 0 bridgehead atoms. The number of aliphatic hydroxyl groups is 1. The molecule has 0 aliphatic rings. The van der Waals surface area contributed by atoms with E-state index in [1.807, 2.05) is 41.8 Å². The minimum atomic E-state index is -0.475. The summed E-state index contributed by atoms with van der Waals surface area (Å²) >= 11 is 1.62. The first kappa shape index (κ1) is 15.9. The lowest BCUT2D eigenvalue weighted by Crippen LogP contribution is -2.18. The van der Waals surface area contributed by atoms with Crippen molar-refractivity contribution in [2.45, 2.75) is 12.5 Å². The number of nitrogens with zero attached hydrogens (tertiary/aromatic N) is 2. The number of anilines is 1. The van der Waals surface area contributed by atoms with E-state index >= 15 is 0 Å². The van der Waals surface area contributed by atoms with Crippen LogP contribution in [0.25, 0.3) is 21.6 Å². The molecule has 5 nitrogen and oxygen atoms in total. The van der Waals surface area contributed by atoms with Crippen molar-refractivity contribution in [3.63, 3.8) is 0 Å². The third-order valence-corrected chi connectivity index (χ3v) is 4.34. The molecule has 3 rings (SSSR count). The SMILES string of the molecule is COCC(O)CCNc1nc(-c2cccs2)nc2ccccc12. The average Bonchev–Trinajstić information content (AvgIpc) is 3.09. The molecule has 0 radical (unpaired) electrons. The van der Waals surface area contributed by atoms with Gasteiger partial charge in [-0.05, 0) is 30.0 Å². The Kier molecular flexibility index (Phi) is 5.17. The summed E-state index contributed by atoms with van der Waals surface area (Å²) in [5.74, 6) is 1.52. The average molecular weight is 329 g/mol. The number of hydrogen-bond acceptors (Lipinski definition) is 6. The zero-order valence-corrected chi connectivity index (χ0v) is 13.7. The summed E-state index contributed by atoms with van der Waals surface area (Å²) in [6.07, 6.45) is 0.123. The fraction of sp³-hybridized carbons (Fsp3) is 0.294. The summed E-state index contributed by atoms with van der Waals surface area (Å²) in [6, 6.07) is 11.9. The normalized spacial score (nSPS) is 12.4. The summed E-state index contributed by atoms with van der Waals surface area (Å²) in [6.45, 7) is 0.960. The Labute approximate surface area is 139 Å². The van der Waals surface area contributed by atoms with E-state index < -0.39 is 6.10 Å². The molecule has 2 aromatic heterocycles. The summed E-state index contributed by atoms with van der Waals surface area (Å²) in [5.41, 5.74) is 0.908. The van der Waals surface area contributed by atoms with Gasteiger partial charge in [-0.2, -0.15) is 0 Å². The molecule has 23 heavy (non-hydrogen) atoms. The van der Waals surface area contributed by atoms with Gasteiger partial charge in [0.1, 0.15) is 5.82 Å². The van der Waals surface area contributed by atoms with Crippen LogP contribution in [0.2, 0.25) is 0 Å². The quantitative estimate of drug-likeness (QED) is 0.697. The minimum absolute atomic E-state index is 0.340. The van der Waals surface area contributed by atoms with E-state index in [9.17, 15) is 5.11 Å². The third kappa shape index (κ3) is 3.85. The standard InChI is InChI=1S/C17H19N3O2S/c1-22-11-12(21)8-9-18-16-13-5-2-3-6-14(13)19-17(20-16)15-7-4-10-23-15/h2-7,10,12,21H,8-9,11H2,1H3,(H,18,19,20). The highest BCUT2D eigenvalue weighted by Crippen LogP contribution is 2.27. The van der Waals surface area contributed by atoms with E-state index in [-0.39, 0.29) is 0 Å². The fourth-order valence-corrected chi connectivity index (χ4v) is 3.02. The van der Waals surface area contributed by atoms with Crippen LogP contribution >= 0.6 is 11.3 Å². The predicted molar refractivity (Wildman–Crippen MR) is 93.8 cm³/mol. The summed E-state index contributed by atoms with van der Waals surface area (Å²) in [4.78, 5) is 10.3. The largest absolute Gasteiger partial charge is 0.391 e. The van der Waals surface area contributed by atoms with Gasteiger partial charge >= 0.3 is 0 Å². The van der Waals surface area contributed by atoms with Gasteiger partial charge in [0.25, 0.3) is 0 Å². The molecule has 0 amide bonds. The van der Waals surface area contributed by atoms with Crippen LogP contribution in [-0.2, 0) is 4.74 Å². The van der Waals surface area contributed by atoms with Crippen LogP contribution in [0.15, 0.2) is 41.8 Å². The first-order valence-corrected chi connectivity index (χ1v) is 8.37. The van der Waals surface area contributed by atoms with Crippen molar-refractivity contribution < 1.29 is 9.84 Å². The van der Waals surface area contributed by atoms with E-state index in [1.165, 1.54) is 0 Å². The highest BCUT2D eigenvalue weighted by molar-refractivity contribution is 7.13. The molecule has 1 unspecified atom stereocenters. The molecule has 0 saturated heterocycles. The molecular formula is C17H19N3O2S. The van der Waals surface area contributed by atoms with Crippen molar-refractivity contribution in [2.24, 2.45) is 0 Å². The number of methoxy groups -OCH3 is 1. The third-order valence-electron chi connectivity index (χ3n) is 3.47. The van der Waals surface area contributed by atoms with Crippen molar-refractivity contribution in [1.29, 1.82) is 0 Å².